The fraction of sp³-hybridized carbons (Fsp3) is 0.235. The highest BCUT2D eigenvalue weighted by atomic mass is 35.5. The van der Waals surface area contributed by atoms with Crippen molar-refractivity contribution in [2.45, 2.75) is 19.5 Å². The predicted molar refractivity (Wildman–Crippen MR) is 95.6 cm³/mol. The number of halogens is 3. The lowest BCUT2D eigenvalue weighted by Gasteiger charge is -2.08. The molecule has 1 aromatic heterocycles. The summed E-state index contributed by atoms with van der Waals surface area (Å²) >= 11 is 6.86. The van der Waals surface area contributed by atoms with Crippen molar-refractivity contribution in [3.8, 4) is 5.75 Å². The number of alkyl halides is 2. The minimum absolute atomic E-state index is 0.0499. The highest BCUT2D eigenvalue weighted by Gasteiger charge is 2.13. The van der Waals surface area contributed by atoms with Gasteiger partial charge in [0.15, 0.2) is 12.4 Å². The number of ketones is 1. The van der Waals surface area contributed by atoms with E-state index in [0.29, 0.717) is 14.9 Å². The van der Waals surface area contributed by atoms with Crippen LogP contribution in [-0.4, -0.2) is 30.9 Å². The van der Waals surface area contributed by atoms with E-state index in [0.717, 1.165) is 11.3 Å². The Hall–Kier alpha value is -2.52. The number of ether oxygens (including phenoxy) is 2. The molecule has 0 aliphatic carbocycles. The van der Waals surface area contributed by atoms with Crippen LogP contribution in [-0.2, 0) is 14.3 Å². The van der Waals surface area contributed by atoms with E-state index < -0.39 is 25.1 Å². The zero-order valence-corrected chi connectivity index (χ0v) is 15.3. The molecular weight excluding hydrogens is 404 g/mol. The lowest BCUT2D eigenvalue weighted by atomic mass is 10.2. The molecule has 2 rings (SSSR count). The van der Waals surface area contributed by atoms with Gasteiger partial charge < -0.3 is 14.8 Å². The van der Waals surface area contributed by atoms with Gasteiger partial charge >= 0.3 is 12.6 Å². The molecule has 0 spiro atoms. The third-order valence-corrected chi connectivity index (χ3v) is 4.40. The summed E-state index contributed by atoms with van der Waals surface area (Å²) in [6.07, 6.45) is -0.218. The van der Waals surface area contributed by atoms with Gasteiger partial charge in [0.2, 0.25) is 0 Å². The number of anilines is 1. The summed E-state index contributed by atoms with van der Waals surface area (Å²) in [5, 5.41) is 2.43. The molecule has 0 saturated carbocycles. The van der Waals surface area contributed by atoms with Crippen molar-refractivity contribution in [3.63, 3.8) is 0 Å². The fourth-order valence-electron chi connectivity index (χ4n) is 1.94. The largest absolute Gasteiger partial charge is 0.456 e. The smallest absolute Gasteiger partial charge is 0.387 e. The first kappa shape index (κ1) is 20.8. The van der Waals surface area contributed by atoms with Crippen LogP contribution in [0.3, 0.4) is 0 Å². The fourth-order valence-corrected chi connectivity index (χ4v) is 2.95. The second kappa shape index (κ2) is 9.98. The lowest BCUT2D eigenvalue weighted by Crippen LogP contribution is -2.21. The number of carbonyl (C=O) groups is 3. The van der Waals surface area contributed by atoms with Gasteiger partial charge in [0, 0.05) is 12.1 Å². The Morgan fingerprint density at radius 3 is 2.37 bits per heavy atom. The van der Waals surface area contributed by atoms with Crippen molar-refractivity contribution < 1.29 is 32.6 Å². The standard InChI is InChI=1S/C17H14ClF2NO5S/c18-14-7-6-13(27-14)12(22)5-8-16(24)25-9-15(23)21-10-1-3-11(4-2-10)26-17(19)20/h1-4,6-7,17H,5,8-9H2,(H,21,23). The van der Waals surface area contributed by atoms with Crippen LogP contribution >= 0.6 is 22.9 Å². The molecule has 6 nitrogen and oxygen atoms in total. The molecule has 1 amide bonds. The molecular formula is C17H14ClF2NO5S. The van der Waals surface area contributed by atoms with Crippen molar-refractivity contribution in [1.29, 1.82) is 0 Å². The second-order valence-electron chi connectivity index (χ2n) is 5.14. The van der Waals surface area contributed by atoms with Crippen LogP contribution in [0.15, 0.2) is 36.4 Å². The van der Waals surface area contributed by atoms with Crippen molar-refractivity contribution in [3.05, 3.63) is 45.6 Å². The van der Waals surface area contributed by atoms with Gasteiger partial charge in [-0.05, 0) is 36.4 Å². The number of Topliss-reactive ketones (excluding diaryl/α,β-unsaturated/α-hetero) is 1. The maximum atomic E-state index is 12.1. The first-order valence-corrected chi connectivity index (χ1v) is 8.82. The molecule has 0 radical (unpaired) electrons. The van der Waals surface area contributed by atoms with Crippen LogP contribution in [0.1, 0.15) is 22.5 Å². The first-order valence-electron chi connectivity index (χ1n) is 7.62. The number of benzene rings is 1. The molecule has 1 aromatic carbocycles. The number of esters is 1. The molecule has 27 heavy (non-hydrogen) atoms. The average molecular weight is 418 g/mol. The van der Waals surface area contributed by atoms with E-state index in [1.54, 1.807) is 12.1 Å². The van der Waals surface area contributed by atoms with Crippen LogP contribution in [0.5, 0.6) is 5.75 Å². The Morgan fingerprint density at radius 2 is 1.78 bits per heavy atom. The minimum Gasteiger partial charge on any atom is -0.456 e. The van der Waals surface area contributed by atoms with E-state index in [1.807, 2.05) is 0 Å². The maximum absolute atomic E-state index is 12.1. The topological polar surface area (TPSA) is 81.7 Å². The van der Waals surface area contributed by atoms with Crippen LogP contribution < -0.4 is 10.1 Å². The summed E-state index contributed by atoms with van der Waals surface area (Å²) < 4.78 is 33.6. The van der Waals surface area contributed by atoms with E-state index in [4.69, 9.17) is 16.3 Å². The number of amides is 1. The number of carbonyl (C=O) groups excluding carboxylic acids is 3. The highest BCUT2D eigenvalue weighted by molar-refractivity contribution is 7.18. The SMILES string of the molecule is O=C(COC(=O)CCC(=O)c1ccc(Cl)s1)Nc1ccc(OC(F)F)cc1. The van der Waals surface area contributed by atoms with Crippen LogP contribution in [0.2, 0.25) is 4.34 Å². The first-order chi connectivity index (χ1) is 12.8. The summed E-state index contributed by atoms with van der Waals surface area (Å²) in [6.45, 7) is -3.47. The second-order valence-corrected chi connectivity index (χ2v) is 6.85. The van der Waals surface area contributed by atoms with E-state index in [9.17, 15) is 23.2 Å². The molecule has 0 unspecified atom stereocenters. The monoisotopic (exact) mass is 417 g/mol. The number of hydrogen-bond donors (Lipinski definition) is 1. The van der Waals surface area contributed by atoms with Crippen LogP contribution in [0.25, 0.3) is 0 Å². The Kier molecular flexibility index (Phi) is 7.68. The van der Waals surface area contributed by atoms with Crippen molar-refractivity contribution in [2.75, 3.05) is 11.9 Å². The lowest BCUT2D eigenvalue weighted by molar-refractivity contribution is -0.147. The third-order valence-electron chi connectivity index (χ3n) is 3.13. The van der Waals surface area contributed by atoms with Gasteiger partial charge in [-0.3, -0.25) is 14.4 Å². The molecule has 0 fully saturated rings. The molecule has 0 saturated heterocycles. The molecule has 1 heterocycles. The molecule has 1 N–H and O–H groups in total. The van der Waals surface area contributed by atoms with Gasteiger partial charge in [-0.1, -0.05) is 11.6 Å². The Labute approximate surface area is 162 Å². The summed E-state index contributed by atoms with van der Waals surface area (Å²) in [5.74, 6) is -1.59. The van der Waals surface area contributed by atoms with E-state index in [-0.39, 0.29) is 24.4 Å². The molecule has 0 aliphatic rings. The summed E-state index contributed by atoms with van der Waals surface area (Å²) in [5.41, 5.74) is 0.322. The van der Waals surface area contributed by atoms with Gasteiger partial charge in [-0.15, -0.1) is 11.3 Å². The zero-order valence-electron chi connectivity index (χ0n) is 13.7. The molecule has 0 bridgehead atoms. The van der Waals surface area contributed by atoms with Crippen molar-refractivity contribution in [2.24, 2.45) is 0 Å². The average Bonchev–Trinajstić information content (AvgIpc) is 3.05. The van der Waals surface area contributed by atoms with Crippen LogP contribution in [0.4, 0.5) is 14.5 Å². The highest BCUT2D eigenvalue weighted by Crippen LogP contribution is 2.23. The van der Waals surface area contributed by atoms with Gasteiger partial charge in [-0.25, -0.2) is 0 Å². The number of hydrogen-bond acceptors (Lipinski definition) is 6. The third kappa shape index (κ3) is 7.32. The van der Waals surface area contributed by atoms with Gasteiger partial charge in [0.25, 0.3) is 5.91 Å². The number of rotatable bonds is 9. The zero-order chi connectivity index (χ0) is 19.8. The molecule has 10 heteroatoms. The van der Waals surface area contributed by atoms with Gasteiger partial charge in [0.1, 0.15) is 5.75 Å². The molecule has 0 aliphatic heterocycles. The number of nitrogens with one attached hydrogen (secondary N) is 1. The van der Waals surface area contributed by atoms with E-state index >= 15 is 0 Å². The Bertz CT molecular complexity index is 810. The van der Waals surface area contributed by atoms with Crippen LogP contribution in [0, 0.1) is 0 Å². The van der Waals surface area contributed by atoms with Gasteiger partial charge in [-0.2, -0.15) is 8.78 Å². The Morgan fingerprint density at radius 1 is 1.07 bits per heavy atom. The van der Waals surface area contributed by atoms with E-state index in [2.05, 4.69) is 10.1 Å². The van der Waals surface area contributed by atoms with E-state index in [1.165, 1.54) is 24.3 Å². The summed E-state index contributed by atoms with van der Waals surface area (Å²) in [7, 11) is 0. The predicted octanol–water partition coefficient (Wildman–Crippen LogP) is 4.15. The minimum atomic E-state index is -2.94. The number of thiophene rings is 1. The molecule has 144 valence electrons. The quantitative estimate of drug-likeness (QED) is 0.489. The summed E-state index contributed by atoms with van der Waals surface area (Å²) in [6, 6.07) is 8.41. The summed E-state index contributed by atoms with van der Waals surface area (Å²) in [4.78, 5) is 35.6. The normalized spacial score (nSPS) is 10.5. The van der Waals surface area contributed by atoms with Gasteiger partial charge in [0.05, 0.1) is 15.6 Å². The molecule has 0 atom stereocenters. The Balaban J connectivity index is 1.70. The van der Waals surface area contributed by atoms with Crippen molar-refractivity contribution >= 4 is 46.3 Å². The molecule has 2 aromatic rings. The van der Waals surface area contributed by atoms with Crippen molar-refractivity contribution in [1.82, 2.24) is 0 Å². The maximum Gasteiger partial charge on any atom is 0.387 e.